The fourth-order valence-electron chi connectivity index (χ4n) is 6.69. The molecule has 3 heterocycles. The second-order valence-corrected chi connectivity index (χ2v) is 18.2. The highest BCUT2D eigenvalue weighted by atomic mass is 35.5. The standard InChI is InChI=1S/C41H44Cl2N14O5S3/c1-5-55(6-2)25-10-13-28(51-53-40-46-30-12-9-24(42)19-34(30)63-40)31(20-25)44-37-48-38(50-39(49-37)57(15-17-58)16-18-59)45-32-21-26(56(7-3)8-4)11-14-29(32)52-54-41-47-33-23-36(65(60,61)62)27(43)22-35(33)64-41/h9-14,19-23,58-59H,5-8,15-18H2,1-4H3,(H,60,61,62)(H2,44,45,48,49,50). The summed E-state index contributed by atoms with van der Waals surface area (Å²) in [5.74, 6) is 0.363. The number of halogens is 2. The smallest absolute Gasteiger partial charge is 0.296 e. The van der Waals surface area contributed by atoms with Gasteiger partial charge in [-0.15, -0.1) is 20.5 Å². The summed E-state index contributed by atoms with van der Waals surface area (Å²) >= 11 is 14.9. The van der Waals surface area contributed by atoms with Crippen molar-refractivity contribution in [3.63, 3.8) is 0 Å². The van der Waals surface area contributed by atoms with Crippen LogP contribution < -0.4 is 25.3 Å². The van der Waals surface area contributed by atoms with Gasteiger partial charge in [-0.25, -0.2) is 9.97 Å². The first-order valence-corrected chi connectivity index (χ1v) is 24.2. The highest BCUT2D eigenvalue weighted by molar-refractivity contribution is 7.86. The van der Waals surface area contributed by atoms with Crippen LogP contribution in [0.1, 0.15) is 27.7 Å². The van der Waals surface area contributed by atoms with Gasteiger partial charge in [0.2, 0.25) is 28.1 Å². The predicted molar refractivity (Wildman–Crippen MR) is 260 cm³/mol. The molecule has 4 aromatic carbocycles. The maximum absolute atomic E-state index is 11.9. The Hall–Kier alpha value is -5.72. The van der Waals surface area contributed by atoms with Gasteiger partial charge in [0.15, 0.2) is 0 Å². The van der Waals surface area contributed by atoms with Crippen LogP contribution in [0.2, 0.25) is 10.0 Å². The predicted octanol–water partition coefficient (Wildman–Crippen LogP) is 10.4. The summed E-state index contributed by atoms with van der Waals surface area (Å²) in [4.78, 5) is 28.8. The molecule has 0 amide bonds. The van der Waals surface area contributed by atoms with Gasteiger partial charge in [0.1, 0.15) is 16.3 Å². The van der Waals surface area contributed by atoms with Crippen molar-refractivity contribution >= 4 is 139 Å². The molecule has 7 aromatic rings. The number of aliphatic hydroxyl groups excluding tert-OH is 2. The Morgan fingerprint density at radius 1 is 0.615 bits per heavy atom. The highest BCUT2D eigenvalue weighted by Gasteiger charge is 2.20. The molecule has 0 aliphatic heterocycles. The molecule has 0 atom stereocenters. The SMILES string of the molecule is CCN(CC)c1ccc(N=Nc2nc3ccc(Cl)cc3s2)c(Nc2nc(Nc3cc(N(CC)CC)ccc3N=Nc3nc4cc(S(=O)(=O)O)c(Cl)cc4s3)nc(N(CCO)CCO)n2)c1. The topological polar surface area (TPSA) is 242 Å². The minimum atomic E-state index is -4.59. The van der Waals surface area contributed by atoms with E-state index < -0.39 is 15.0 Å². The van der Waals surface area contributed by atoms with E-state index in [4.69, 9.17) is 38.2 Å². The number of hydrogen-bond acceptors (Lipinski definition) is 20. The molecular formula is C41H44Cl2N14O5S3. The van der Waals surface area contributed by atoms with Crippen LogP contribution in [0.15, 0.2) is 92.1 Å². The molecule has 0 spiro atoms. The third kappa shape index (κ3) is 11.4. The van der Waals surface area contributed by atoms with E-state index in [-0.39, 0.29) is 59.8 Å². The zero-order valence-electron chi connectivity index (χ0n) is 35.5. The number of benzene rings is 4. The highest BCUT2D eigenvalue weighted by Crippen LogP contribution is 2.39. The molecule has 3 aromatic heterocycles. The third-order valence-electron chi connectivity index (χ3n) is 9.89. The molecular weight excluding hydrogens is 936 g/mol. The number of hydrogen-bond donors (Lipinski definition) is 5. The second kappa shape index (κ2) is 21.1. The molecule has 0 fully saturated rings. The van der Waals surface area contributed by atoms with Gasteiger partial charge < -0.3 is 35.5 Å². The summed E-state index contributed by atoms with van der Waals surface area (Å²) in [6.07, 6.45) is 0. The summed E-state index contributed by atoms with van der Waals surface area (Å²) < 4.78 is 34.8. The van der Waals surface area contributed by atoms with E-state index in [1.807, 2.05) is 56.3 Å². The summed E-state index contributed by atoms with van der Waals surface area (Å²) in [5.41, 5.74) is 4.64. The maximum atomic E-state index is 11.9. The number of aromatic nitrogens is 5. The van der Waals surface area contributed by atoms with Crippen LogP contribution in [0, 0.1) is 0 Å². The van der Waals surface area contributed by atoms with E-state index in [1.54, 1.807) is 17.0 Å². The Morgan fingerprint density at radius 3 is 1.62 bits per heavy atom. The second-order valence-electron chi connectivity index (χ2n) is 13.9. The van der Waals surface area contributed by atoms with E-state index in [0.717, 1.165) is 59.1 Å². The Morgan fingerprint density at radius 2 is 1.12 bits per heavy atom. The average molecular weight is 980 g/mol. The van der Waals surface area contributed by atoms with Gasteiger partial charge in [0.05, 0.1) is 50.0 Å². The lowest BCUT2D eigenvalue weighted by Crippen LogP contribution is -2.31. The normalized spacial score (nSPS) is 12.0. The Balaban J connectivity index is 1.30. The van der Waals surface area contributed by atoms with E-state index in [2.05, 4.69) is 64.7 Å². The minimum Gasteiger partial charge on any atom is -0.395 e. The molecule has 0 bridgehead atoms. The van der Waals surface area contributed by atoms with Gasteiger partial charge in [0, 0.05) is 55.7 Å². The number of nitrogens with zero attached hydrogens (tertiary/aromatic N) is 12. The molecule has 24 heteroatoms. The Bertz CT molecular complexity index is 2980. The molecule has 65 heavy (non-hydrogen) atoms. The summed E-state index contributed by atoms with van der Waals surface area (Å²) in [6, 6.07) is 19.3. The monoisotopic (exact) mass is 978 g/mol. The van der Waals surface area contributed by atoms with Crippen LogP contribution in [0.5, 0.6) is 0 Å². The van der Waals surface area contributed by atoms with E-state index in [0.29, 0.717) is 37.6 Å². The summed E-state index contributed by atoms with van der Waals surface area (Å²) in [5, 5.41) is 45.7. The number of fused-ring (bicyclic) bond motifs is 2. The van der Waals surface area contributed by atoms with Gasteiger partial charge in [-0.3, -0.25) is 4.55 Å². The van der Waals surface area contributed by atoms with Crippen LogP contribution in [-0.2, 0) is 10.1 Å². The zero-order chi connectivity index (χ0) is 46.3. The first-order valence-electron chi connectivity index (χ1n) is 20.3. The Kier molecular flexibility index (Phi) is 15.3. The maximum Gasteiger partial charge on any atom is 0.296 e. The van der Waals surface area contributed by atoms with Gasteiger partial charge in [-0.2, -0.15) is 23.4 Å². The zero-order valence-corrected chi connectivity index (χ0v) is 39.5. The van der Waals surface area contributed by atoms with Gasteiger partial charge >= 0.3 is 0 Å². The van der Waals surface area contributed by atoms with Gasteiger partial charge in [-0.05, 0) is 94.4 Å². The third-order valence-corrected chi connectivity index (χ3v) is 13.2. The molecule has 0 saturated heterocycles. The van der Waals surface area contributed by atoms with Crippen LogP contribution in [0.25, 0.3) is 20.4 Å². The molecule has 0 radical (unpaired) electrons. The van der Waals surface area contributed by atoms with Crippen molar-refractivity contribution < 1.29 is 23.2 Å². The lowest BCUT2D eigenvalue weighted by molar-refractivity contribution is 0.280. The lowest BCUT2D eigenvalue weighted by Gasteiger charge is -2.24. The van der Waals surface area contributed by atoms with Crippen molar-refractivity contribution in [3.8, 4) is 0 Å². The van der Waals surface area contributed by atoms with Crippen LogP contribution in [0.4, 0.5) is 62.2 Å². The largest absolute Gasteiger partial charge is 0.395 e. The molecule has 0 saturated carbocycles. The number of anilines is 7. The lowest BCUT2D eigenvalue weighted by atomic mass is 10.2. The molecule has 0 aliphatic rings. The van der Waals surface area contributed by atoms with Crippen LogP contribution >= 0.6 is 45.9 Å². The van der Waals surface area contributed by atoms with Crippen molar-refractivity contribution in [2.45, 2.75) is 32.6 Å². The molecule has 0 unspecified atom stereocenters. The number of rotatable bonds is 20. The number of nitrogens with one attached hydrogen (secondary N) is 2. The number of thiazole rings is 2. The molecule has 7 rings (SSSR count). The Labute approximate surface area is 392 Å². The van der Waals surface area contributed by atoms with E-state index >= 15 is 0 Å². The van der Waals surface area contributed by atoms with Crippen molar-refractivity contribution in [1.29, 1.82) is 0 Å². The summed E-state index contributed by atoms with van der Waals surface area (Å²) in [6.45, 7) is 10.9. The quantitative estimate of drug-likeness (QED) is 0.0352. The molecule has 340 valence electrons. The number of aliphatic hydroxyl groups is 2. The van der Waals surface area contributed by atoms with Gasteiger partial charge in [-0.1, -0.05) is 45.9 Å². The number of azo groups is 2. The van der Waals surface area contributed by atoms with Crippen LogP contribution in [0.3, 0.4) is 0 Å². The van der Waals surface area contributed by atoms with E-state index in [1.165, 1.54) is 23.5 Å². The minimum absolute atomic E-state index is 0.0927. The molecule has 19 nitrogen and oxygen atoms in total. The van der Waals surface area contributed by atoms with Crippen LogP contribution in [-0.4, -0.2) is 101 Å². The first kappa shape index (κ1) is 47.2. The van der Waals surface area contributed by atoms with Gasteiger partial charge in [0.25, 0.3) is 10.1 Å². The first-order chi connectivity index (χ1) is 31.3. The van der Waals surface area contributed by atoms with Crippen molar-refractivity contribution in [2.24, 2.45) is 20.5 Å². The van der Waals surface area contributed by atoms with Crippen molar-refractivity contribution in [1.82, 2.24) is 24.9 Å². The molecule has 5 N–H and O–H groups in total. The van der Waals surface area contributed by atoms with E-state index in [9.17, 15) is 23.2 Å². The molecule has 0 aliphatic carbocycles. The fourth-order valence-corrected chi connectivity index (χ4v) is 9.64. The average Bonchev–Trinajstić information content (AvgIpc) is 3.88. The van der Waals surface area contributed by atoms with Crippen molar-refractivity contribution in [3.05, 3.63) is 76.8 Å². The fraction of sp³-hybridized carbons (Fsp3) is 0.293. The van der Waals surface area contributed by atoms with Crippen molar-refractivity contribution in [2.75, 3.05) is 77.8 Å². The summed E-state index contributed by atoms with van der Waals surface area (Å²) in [7, 11) is -4.59.